The molecule has 1 aliphatic heterocycles. The fourth-order valence-electron chi connectivity index (χ4n) is 3.85. The molecule has 0 spiro atoms. The van der Waals surface area contributed by atoms with Gasteiger partial charge in [0.05, 0.1) is 23.9 Å². The van der Waals surface area contributed by atoms with Gasteiger partial charge in [0.1, 0.15) is 12.3 Å². The van der Waals surface area contributed by atoms with E-state index in [0.29, 0.717) is 0 Å². The number of hydrogen-bond donors (Lipinski definition) is 1. The first-order valence-corrected chi connectivity index (χ1v) is 10.9. The molecule has 1 amide bonds. The van der Waals surface area contributed by atoms with Gasteiger partial charge in [-0.25, -0.2) is 0 Å². The van der Waals surface area contributed by atoms with Crippen molar-refractivity contribution in [2.24, 2.45) is 0 Å². The van der Waals surface area contributed by atoms with E-state index in [-0.39, 0.29) is 5.91 Å². The summed E-state index contributed by atoms with van der Waals surface area (Å²) in [6.45, 7) is 7.58. The summed E-state index contributed by atoms with van der Waals surface area (Å²) in [7, 11) is 1.70. The number of benzene rings is 2. The van der Waals surface area contributed by atoms with Crippen LogP contribution in [0.1, 0.15) is 26.5 Å². The van der Waals surface area contributed by atoms with Crippen LogP contribution in [0.5, 0.6) is 5.75 Å². The maximum Gasteiger partial charge on any atom is 0.221 e. The summed E-state index contributed by atoms with van der Waals surface area (Å²) in [4.78, 5) is 14.9. The van der Waals surface area contributed by atoms with Crippen molar-refractivity contribution >= 4 is 46.0 Å². The van der Waals surface area contributed by atoms with Crippen LogP contribution >= 0.6 is 11.8 Å². The van der Waals surface area contributed by atoms with Gasteiger partial charge in [-0.1, -0.05) is 11.8 Å². The van der Waals surface area contributed by atoms with E-state index in [2.05, 4.69) is 65.0 Å². The van der Waals surface area contributed by atoms with Crippen LogP contribution in [0.2, 0.25) is 0 Å². The fourth-order valence-corrected chi connectivity index (χ4v) is 5.07. The Hall–Kier alpha value is -2.99. The van der Waals surface area contributed by atoms with Crippen molar-refractivity contribution in [1.82, 2.24) is 0 Å². The Bertz CT molecular complexity index is 1160. The Balaban J connectivity index is 1.76. The Labute approximate surface area is 181 Å². The molecule has 0 unspecified atom stereocenters. The number of carbonyl (C=O) groups excluding carboxylic acids is 1. The highest BCUT2D eigenvalue weighted by Crippen LogP contribution is 2.47. The van der Waals surface area contributed by atoms with E-state index in [1.165, 1.54) is 23.0 Å². The molecule has 0 saturated heterocycles. The lowest BCUT2D eigenvalue weighted by atomic mass is 10.1. The molecule has 2 aromatic carbocycles. The number of hydrogen-bond acceptors (Lipinski definition) is 4. The van der Waals surface area contributed by atoms with Gasteiger partial charge in [0.25, 0.3) is 0 Å². The zero-order chi connectivity index (χ0) is 21.3. The summed E-state index contributed by atoms with van der Waals surface area (Å²) in [5, 5.41) is 5.24. The molecule has 2 heterocycles. The second-order valence-electron chi connectivity index (χ2n) is 7.12. The van der Waals surface area contributed by atoms with Gasteiger partial charge in [0, 0.05) is 41.6 Å². The van der Waals surface area contributed by atoms with E-state index >= 15 is 0 Å². The number of carbonyl (C=O) groups is 1. The van der Waals surface area contributed by atoms with Crippen molar-refractivity contribution in [1.29, 1.82) is 0 Å². The van der Waals surface area contributed by atoms with Gasteiger partial charge < -0.3 is 15.0 Å². The molecule has 30 heavy (non-hydrogen) atoms. The normalized spacial score (nSPS) is 14.3. The molecule has 5 nitrogen and oxygen atoms in total. The van der Waals surface area contributed by atoms with Crippen molar-refractivity contribution < 1.29 is 14.1 Å². The largest absolute Gasteiger partial charge is 0.497 e. The van der Waals surface area contributed by atoms with E-state index < -0.39 is 0 Å². The van der Waals surface area contributed by atoms with Crippen LogP contribution in [0.4, 0.5) is 11.4 Å². The molecule has 0 bridgehead atoms. The summed E-state index contributed by atoms with van der Waals surface area (Å²) in [5.74, 6) is 0.800. The summed E-state index contributed by atoms with van der Waals surface area (Å²) in [6.07, 6.45) is 2.24. The minimum atomic E-state index is -0.0587. The average molecular weight is 421 g/mol. The Morgan fingerprint density at radius 3 is 2.67 bits per heavy atom. The third-order valence-corrected chi connectivity index (χ3v) is 6.32. The molecule has 1 aliphatic rings. The number of nitrogens with zero attached hydrogens (tertiary/aromatic N) is 2. The lowest BCUT2D eigenvalue weighted by Crippen LogP contribution is -2.37. The van der Waals surface area contributed by atoms with Gasteiger partial charge in [0.15, 0.2) is 0 Å². The maximum atomic E-state index is 11.4. The number of fused-ring (bicyclic) bond motifs is 2. The number of ether oxygens (including phenoxy) is 1. The highest BCUT2D eigenvalue weighted by Gasteiger charge is 2.26. The monoisotopic (exact) mass is 420 g/mol. The van der Waals surface area contributed by atoms with Crippen LogP contribution in [0, 0.1) is 0 Å². The Kier molecular flexibility index (Phi) is 5.68. The fraction of sp³-hybridized carbons (Fsp3) is 0.250. The molecular formula is C24H26N3O2S+. The number of pyridine rings is 1. The van der Waals surface area contributed by atoms with E-state index in [4.69, 9.17) is 4.74 Å². The van der Waals surface area contributed by atoms with Gasteiger partial charge in [-0.05, 0) is 50.2 Å². The number of aryl methyl sites for hydroxylation is 1. The van der Waals surface area contributed by atoms with Crippen molar-refractivity contribution in [3.05, 3.63) is 59.3 Å². The second-order valence-corrected chi connectivity index (χ2v) is 8.18. The van der Waals surface area contributed by atoms with Gasteiger partial charge in [-0.2, -0.15) is 4.57 Å². The topological polar surface area (TPSA) is 45.5 Å². The van der Waals surface area contributed by atoms with Crippen molar-refractivity contribution in [2.75, 3.05) is 23.9 Å². The minimum absolute atomic E-state index is 0.0587. The van der Waals surface area contributed by atoms with Gasteiger partial charge in [0.2, 0.25) is 17.1 Å². The first-order chi connectivity index (χ1) is 14.5. The molecule has 0 radical (unpaired) electrons. The van der Waals surface area contributed by atoms with E-state index in [1.54, 1.807) is 18.9 Å². The molecule has 6 heteroatoms. The number of nitrogens with one attached hydrogen (secondary N) is 1. The maximum absolute atomic E-state index is 11.4. The van der Waals surface area contributed by atoms with Crippen LogP contribution in [-0.4, -0.2) is 19.6 Å². The Morgan fingerprint density at radius 1 is 1.17 bits per heavy atom. The third kappa shape index (κ3) is 3.75. The van der Waals surface area contributed by atoms with Crippen LogP contribution in [0.15, 0.2) is 58.5 Å². The smallest absolute Gasteiger partial charge is 0.221 e. The lowest BCUT2D eigenvalue weighted by Gasteiger charge is -2.18. The predicted octanol–water partition coefficient (Wildman–Crippen LogP) is 5.04. The van der Waals surface area contributed by atoms with Gasteiger partial charge in [-0.15, -0.1) is 0 Å². The van der Waals surface area contributed by atoms with E-state index in [9.17, 15) is 4.79 Å². The number of methoxy groups -OCH3 is 1. The van der Waals surface area contributed by atoms with Gasteiger partial charge >= 0.3 is 0 Å². The number of anilines is 2. The van der Waals surface area contributed by atoms with Crippen molar-refractivity contribution in [3.63, 3.8) is 0 Å². The minimum Gasteiger partial charge on any atom is -0.497 e. The van der Waals surface area contributed by atoms with Crippen molar-refractivity contribution in [2.45, 2.75) is 32.2 Å². The predicted molar refractivity (Wildman–Crippen MR) is 124 cm³/mol. The molecule has 1 N–H and O–H groups in total. The third-order valence-electron chi connectivity index (χ3n) is 5.23. The zero-order valence-corrected chi connectivity index (χ0v) is 18.5. The number of aromatic nitrogens is 1. The lowest BCUT2D eigenvalue weighted by molar-refractivity contribution is -0.669. The second kappa shape index (κ2) is 8.40. The SMILES string of the molecule is CCN1/C(=C/c2ccc3ccc(OC)cc3[n+]2CC)Sc2cc(NC(C)=O)ccc21. The highest BCUT2D eigenvalue weighted by molar-refractivity contribution is 8.03. The molecule has 0 aliphatic carbocycles. The highest BCUT2D eigenvalue weighted by atomic mass is 32.2. The summed E-state index contributed by atoms with van der Waals surface area (Å²) >= 11 is 1.73. The Morgan fingerprint density at radius 2 is 1.97 bits per heavy atom. The molecule has 3 aromatic rings. The number of thioether (sulfide) groups is 1. The molecule has 1 aromatic heterocycles. The standard InChI is InChI=1S/C24H25N3O2S/c1-5-26-19(10-7-17-8-11-20(29-4)15-22(17)26)14-24-27(6-2)21-12-9-18(25-16(3)28)13-23(21)30-24/h7-15H,5-6H2,1-4H3/p+1. The van der Waals surface area contributed by atoms with Gasteiger partial charge in [-0.3, -0.25) is 4.79 Å². The first-order valence-electron chi connectivity index (χ1n) is 10.1. The molecule has 0 fully saturated rings. The summed E-state index contributed by atoms with van der Waals surface area (Å²) in [6, 6.07) is 16.6. The van der Waals surface area contributed by atoms with Crippen molar-refractivity contribution in [3.8, 4) is 5.75 Å². The zero-order valence-electron chi connectivity index (χ0n) is 17.7. The summed E-state index contributed by atoms with van der Waals surface area (Å²) < 4.78 is 7.75. The van der Waals surface area contributed by atoms with E-state index in [1.807, 2.05) is 18.2 Å². The molecular weight excluding hydrogens is 394 g/mol. The van der Waals surface area contributed by atoms with Crippen LogP contribution in [0.3, 0.4) is 0 Å². The number of rotatable bonds is 5. The summed E-state index contributed by atoms with van der Waals surface area (Å²) in [5.41, 5.74) is 4.30. The van der Waals surface area contributed by atoms with Crippen LogP contribution in [-0.2, 0) is 11.3 Å². The number of amides is 1. The molecule has 0 saturated carbocycles. The van der Waals surface area contributed by atoms with E-state index in [0.717, 1.165) is 40.6 Å². The first kappa shape index (κ1) is 20.3. The van der Waals surface area contributed by atoms with Crippen LogP contribution < -0.4 is 19.5 Å². The molecule has 0 atom stereocenters. The molecule has 154 valence electrons. The molecule has 4 rings (SSSR count). The average Bonchev–Trinajstić information content (AvgIpc) is 3.08. The quantitative estimate of drug-likeness (QED) is 0.587. The van der Waals surface area contributed by atoms with Crippen LogP contribution in [0.25, 0.3) is 17.0 Å².